The maximum atomic E-state index is 2.69. The summed E-state index contributed by atoms with van der Waals surface area (Å²) in [6, 6.07) is 55.2. The van der Waals surface area contributed by atoms with Crippen LogP contribution in [0.25, 0.3) is 109 Å². The average molecular weight is 779 g/mol. The van der Waals surface area contributed by atoms with E-state index in [1.807, 2.05) is 0 Å². The van der Waals surface area contributed by atoms with Crippen molar-refractivity contribution in [1.82, 2.24) is 17.9 Å². The van der Waals surface area contributed by atoms with Crippen molar-refractivity contribution in [3.05, 3.63) is 146 Å². The highest BCUT2D eigenvalue weighted by Gasteiger charge is 2.32. The summed E-state index contributed by atoms with van der Waals surface area (Å²) in [7, 11) is -3.62. The van der Waals surface area contributed by atoms with E-state index in [1.54, 1.807) is 0 Å². The predicted octanol–water partition coefficient (Wildman–Crippen LogP) is 13.0. The van der Waals surface area contributed by atoms with Crippen LogP contribution in [0, 0.1) is 0 Å². The van der Waals surface area contributed by atoms with Crippen molar-refractivity contribution < 1.29 is 0 Å². The number of benzene rings is 7. The van der Waals surface area contributed by atoms with Crippen LogP contribution in [-0.2, 0) is 0 Å². The van der Waals surface area contributed by atoms with Gasteiger partial charge in [0.15, 0.2) is 0 Å². The molecule has 6 aromatic heterocycles. The van der Waals surface area contributed by atoms with Gasteiger partial charge in [-0.25, -0.2) is 0 Å². The van der Waals surface area contributed by atoms with Crippen LogP contribution in [0.15, 0.2) is 146 Å². The topological polar surface area (TPSA) is 18.7 Å². The highest BCUT2D eigenvalue weighted by Crippen LogP contribution is 2.48. The molecule has 58 heavy (non-hydrogen) atoms. The first-order chi connectivity index (χ1) is 28.1. The molecule has 0 bridgehead atoms. The van der Waals surface area contributed by atoms with E-state index in [-0.39, 0.29) is 0 Å². The fraction of sp³-hybridized carbons (Fsp3) is 0.115. The summed E-state index contributed by atoms with van der Waals surface area (Å²) in [6.45, 7) is 15.0. The third kappa shape index (κ3) is 3.99. The maximum Gasteiger partial charge on any atom is 0.0990 e. The van der Waals surface area contributed by atoms with E-state index < -0.39 is 16.1 Å². The molecule has 6 heterocycles. The van der Waals surface area contributed by atoms with Crippen LogP contribution < -0.4 is 10.6 Å². The summed E-state index contributed by atoms with van der Waals surface area (Å²) in [5.41, 5.74) is 12.8. The molecule has 7 aromatic carbocycles. The van der Waals surface area contributed by atoms with Crippen LogP contribution in [0.2, 0.25) is 39.3 Å². The molecule has 0 spiro atoms. The normalized spacial score (nSPS) is 13.3. The van der Waals surface area contributed by atoms with Crippen LogP contribution in [0.5, 0.6) is 0 Å². The standard InChI is InChI=1S/C52H42N4Si2/c1-57(2,3)45-27-31-25-43-47(35-21-13-15-23-39(35)53(43)33-17-9-7-10-18-33)49-37-29-38-42(30-41(37)55(45)51(31)49)56-46(58(4,5)6)28-32-26-44-48(50(38)52(32)56)36-22-14-16-24-40(36)54(44)34-19-11-8-12-20-34/h7-30H,1-6H3. The van der Waals surface area contributed by atoms with Gasteiger partial charge in [-0.15, -0.1) is 0 Å². The number of fused-ring (bicyclic) bond motifs is 14. The summed E-state index contributed by atoms with van der Waals surface area (Å²) in [5, 5.41) is 16.4. The molecule has 278 valence electrons. The second-order valence-electron chi connectivity index (χ2n) is 18.7. The van der Waals surface area contributed by atoms with Crippen LogP contribution in [-0.4, -0.2) is 34.1 Å². The first kappa shape index (κ1) is 32.7. The van der Waals surface area contributed by atoms with Crippen LogP contribution in [0.1, 0.15) is 0 Å². The van der Waals surface area contributed by atoms with Crippen molar-refractivity contribution in [2.45, 2.75) is 39.3 Å². The number of rotatable bonds is 4. The van der Waals surface area contributed by atoms with Crippen molar-refractivity contribution in [1.29, 1.82) is 0 Å². The van der Waals surface area contributed by atoms with Gasteiger partial charge in [-0.3, -0.25) is 0 Å². The van der Waals surface area contributed by atoms with Crippen molar-refractivity contribution in [3.63, 3.8) is 0 Å². The Morgan fingerprint density at radius 1 is 0.328 bits per heavy atom. The fourth-order valence-corrected chi connectivity index (χ4v) is 13.8. The van der Waals surface area contributed by atoms with E-state index in [9.17, 15) is 0 Å². The van der Waals surface area contributed by atoms with E-state index in [1.165, 1.54) is 120 Å². The maximum absolute atomic E-state index is 2.69. The molecular formula is C52H42N4Si2. The molecule has 0 saturated carbocycles. The van der Waals surface area contributed by atoms with E-state index in [4.69, 9.17) is 0 Å². The minimum atomic E-state index is -1.81. The van der Waals surface area contributed by atoms with Crippen molar-refractivity contribution in [2.75, 3.05) is 0 Å². The molecule has 0 fully saturated rings. The van der Waals surface area contributed by atoms with Gasteiger partial charge in [0.25, 0.3) is 0 Å². The zero-order chi connectivity index (χ0) is 39.0. The lowest BCUT2D eigenvalue weighted by Crippen LogP contribution is -2.40. The number of para-hydroxylation sites is 4. The number of aromatic nitrogens is 4. The first-order valence-corrected chi connectivity index (χ1v) is 27.6. The molecule has 4 nitrogen and oxygen atoms in total. The number of hydrogen-bond donors (Lipinski definition) is 0. The zero-order valence-corrected chi connectivity index (χ0v) is 35.6. The number of hydrogen-bond acceptors (Lipinski definition) is 0. The summed E-state index contributed by atoms with van der Waals surface area (Å²) >= 11 is 0. The molecule has 0 aliphatic carbocycles. The third-order valence-corrected chi connectivity index (χ3v) is 17.0. The molecule has 0 amide bonds. The van der Waals surface area contributed by atoms with Gasteiger partial charge in [-0.1, -0.05) is 112 Å². The highest BCUT2D eigenvalue weighted by molar-refractivity contribution is 6.89. The smallest absolute Gasteiger partial charge is 0.0990 e. The average Bonchev–Trinajstić information content (AvgIpc) is 4.05. The van der Waals surface area contributed by atoms with Crippen molar-refractivity contribution in [2.24, 2.45) is 0 Å². The Morgan fingerprint density at radius 2 is 0.724 bits per heavy atom. The molecule has 0 atom stereocenters. The molecule has 0 aliphatic rings. The molecule has 13 aromatic rings. The van der Waals surface area contributed by atoms with Gasteiger partial charge in [-0.05, 0) is 72.8 Å². The molecule has 0 saturated heterocycles. The van der Waals surface area contributed by atoms with E-state index in [0.29, 0.717) is 0 Å². The molecule has 0 N–H and O–H groups in total. The van der Waals surface area contributed by atoms with Crippen LogP contribution in [0.3, 0.4) is 0 Å². The molecule has 13 rings (SSSR count). The molecule has 0 radical (unpaired) electrons. The van der Waals surface area contributed by atoms with E-state index >= 15 is 0 Å². The van der Waals surface area contributed by atoms with Crippen molar-refractivity contribution in [3.8, 4) is 11.4 Å². The second-order valence-corrected chi connectivity index (χ2v) is 28.7. The minimum absolute atomic E-state index is 1.19. The molecule has 0 aliphatic heterocycles. The van der Waals surface area contributed by atoms with Crippen molar-refractivity contribution >= 4 is 125 Å². The van der Waals surface area contributed by atoms with Gasteiger partial charge in [-0.2, -0.15) is 0 Å². The van der Waals surface area contributed by atoms with E-state index in [2.05, 4.69) is 203 Å². The highest BCUT2D eigenvalue weighted by atomic mass is 28.3. The Hall–Kier alpha value is -6.35. The van der Waals surface area contributed by atoms with Gasteiger partial charge in [0.05, 0.1) is 60.3 Å². The van der Waals surface area contributed by atoms with E-state index in [0.717, 1.165) is 0 Å². The molecule has 6 heteroatoms. The third-order valence-electron chi connectivity index (χ3n) is 13.1. The monoisotopic (exact) mass is 778 g/mol. The first-order valence-electron chi connectivity index (χ1n) is 20.6. The Bertz CT molecular complexity index is 3600. The summed E-state index contributed by atoms with van der Waals surface area (Å²) < 4.78 is 10.4. The Morgan fingerprint density at radius 3 is 1.14 bits per heavy atom. The largest absolute Gasteiger partial charge is 0.316 e. The lowest BCUT2D eigenvalue weighted by Gasteiger charge is -2.17. The van der Waals surface area contributed by atoms with Gasteiger partial charge in [0.1, 0.15) is 0 Å². The molecule has 0 unspecified atom stereocenters. The lowest BCUT2D eigenvalue weighted by atomic mass is 10.00. The van der Waals surface area contributed by atoms with Gasteiger partial charge < -0.3 is 17.9 Å². The Labute approximate surface area is 337 Å². The van der Waals surface area contributed by atoms with Crippen LogP contribution in [0.4, 0.5) is 0 Å². The minimum Gasteiger partial charge on any atom is -0.316 e. The lowest BCUT2D eigenvalue weighted by molar-refractivity contribution is 1.18. The number of nitrogens with zero attached hydrogens (tertiary/aromatic N) is 4. The second kappa shape index (κ2) is 10.8. The SMILES string of the molecule is C[Si](C)(C)c1cc2cc3c(c4ccccc4n3-c3ccccc3)c3c4cc5c6c7c8ccccc8n(-c8ccccc8)c7cc7cc([Si](C)(C)C)n(c5cc4n1c23)c76. The summed E-state index contributed by atoms with van der Waals surface area (Å²) in [4.78, 5) is 0. The summed E-state index contributed by atoms with van der Waals surface area (Å²) in [5.74, 6) is 0. The van der Waals surface area contributed by atoms with Gasteiger partial charge >= 0.3 is 0 Å². The fourth-order valence-electron chi connectivity index (χ4n) is 10.8. The zero-order valence-electron chi connectivity index (χ0n) is 33.6. The van der Waals surface area contributed by atoms with Gasteiger partial charge in [0.2, 0.25) is 0 Å². The van der Waals surface area contributed by atoms with Gasteiger partial charge in [0, 0.05) is 75.9 Å². The quantitative estimate of drug-likeness (QED) is 0.159. The Kier molecular flexibility index (Phi) is 6.08. The predicted molar refractivity (Wildman–Crippen MR) is 255 cm³/mol. The summed E-state index contributed by atoms with van der Waals surface area (Å²) in [6.07, 6.45) is 0. The molecular weight excluding hydrogens is 737 g/mol. The van der Waals surface area contributed by atoms with Crippen LogP contribution >= 0.6 is 0 Å². The Balaban J connectivity index is 1.31.